The van der Waals surface area contributed by atoms with Crippen LogP contribution in [-0.2, 0) is 52.3 Å². The van der Waals surface area contributed by atoms with Gasteiger partial charge in [-0.05, 0) is 113 Å². The Hall–Kier alpha value is -3.88. The summed E-state index contributed by atoms with van der Waals surface area (Å²) in [7, 11) is 0. The number of esters is 2. The number of rotatable bonds is 33. The van der Waals surface area contributed by atoms with Crippen LogP contribution in [0.25, 0.3) is 0 Å². The molecule has 4 amide bonds. The molecular formula is C43H78N4O15S. The Labute approximate surface area is 378 Å². The van der Waals surface area contributed by atoms with Crippen molar-refractivity contribution in [3.63, 3.8) is 0 Å². The zero-order valence-corrected chi connectivity index (χ0v) is 40.1. The van der Waals surface area contributed by atoms with Gasteiger partial charge < -0.3 is 59.5 Å². The third-order valence-electron chi connectivity index (χ3n) is 7.94. The average molecular weight is 923 g/mol. The second-order valence-electron chi connectivity index (χ2n) is 17.7. The molecule has 0 aliphatic rings. The highest BCUT2D eigenvalue weighted by Crippen LogP contribution is 2.16. The van der Waals surface area contributed by atoms with Crippen molar-refractivity contribution in [2.75, 3.05) is 64.2 Å². The van der Waals surface area contributed by atoms with Gasteiger partial charge in [-0.15, -0.1) is 0 Å². The van der Waals surface area contributed by atoms with Crippen LogP contribution in [-0.4, -0.2) is 140 Å². The van der Waals surface area contributed by atoms with E-state index in [-0.39, 0.29) is 18.9 Å². The quantitative estimate of drug-likeness (QED) is 0.0218. The van der Waals surface area contributed by atoms with E-state index in [1.807, 2.05) is 0 Å². The van der Waals surface area contributed by atoms with Crippen LogP contribution in [0.2, 0.25) is 0 Å². The van der Waals surface area contributed by atoms with Gasteiger partial charge in [0.1, 0.15) is 28.9 Å². The number of carboxylic acids is 1. The number of hydrogen-bond acceptors (Lipinski definition) is 15. The third kappa shape index (κ3) is 39.4. The molecule has 5 N–H and O–H groups in total. The molecular weight excluding hydrogens is 845 g/mol. The van der Waals surface area contributed by atoms with Gasteiger partial charge in [0.05, 0.1) is 26.4 Å². The van der Waals surface area contributed by atoms with E-state index in [1.165, 1.54) is 0 Å². The number of carbonyl (C=O) groups is 7. The first-order valence-electron chi connectivity index (χ1n) is 22.0. The van der Waals surface area contributed by atoms with Gasteiger partial charge in [-0.3, -0.25) is 9.59 Å². The fourth-order valence-electron chi connectivity index (χ4n) is 5.12. The lowest BCUT2D eigenvalue weighted by Gasteiger charge is -2.26. The van der Waals surface area contributed by atoms with Gasteiger partial charge >= 0.3 is 36.2 Å². The molecule has 366 valence electrons. The second-order valence-corrected chi connectivity index (χ2v) is 18.8. The molecule has 0 bridgehead atoms. The van der Waals surface area contributed by atoms with Gasteiger partial charge in [-0.2, -0.15) is 11.8 Å². The van der Waals surface area contributed by atoms with Gasteiger partial charge in [0.25, 0.3) is 0 Å². The number of thioether (sulfide) groups is 1. The lowest BCUT2D eigenvalue weighted by Crippen LogP contribution is -2.47. The van der Waals surface area contributed by atoms with Crippen molar-refractivity contribution in [1.29, 1.82) is 0 Å². The number of unbranched alkanes of at least 4 members (excludes halogenated alkanes) is 6. The van der Waals surface area contributed by atoms with Gasteiger partial charge in [0, 0.05) is 44.9 Å². The zero-order chi connectivity index (χ0) is 47.7. The SMILES string of the molecule is CC(C)(C)OC(=O)NC(CSCCCCCCCC(=O)NCCCOCCOCCOCCCCCNC(=O)OC(=O)NC(CCC(=O)O)C(=O)OC(C)(C)C)C(=O)OC(C)(C)C. The van der Waals surface area contributed by atoms with Gasteiger partial charge in [-0.25, -0.2) is 24.0 Å². The molecule has 0 fully saturated rings. The van der Waals surface area contributed by atoms with Crippen molar-refractivity contribution in [3.8, 4) is 0 Å². The molecule has 0 aliphatic heterocycles. The molecule has 0 heterocycles. The smallest absolute Gasteiger partial charge is 0.416 e. The Kier molecular flexibility index (Phi) is 31.5. The van der Waals surface area contributed by atoms with Crippen molar-refractivity contribution in [1.82, 2.24) is 21.3 Å². The Morgan fingerprint density at radius 3 is 1.59 bits per heavy atom. The summed E-state index contributed by atoms with van der Waals surface area (Å²) in [6.45, 7) is 19.1. The fraction of sp³-hybridized carbons (Fsp3) is 0.837. The molecule has 0 rings (SSSR count). The maximum Gasteiger partial charge on any atom is 0.416 e. The minimum atomic E-state index is -1.29. The largest absolute Gasteiger partial charge is 0.481 e. The Morgan fingerprint density at radius 2 is 1.00 bits per heavy atom. The molecule has 19 nitrogen and oxygen atoms in total. The van der Waals surface area contributed by atoms with Crippen LogP contribution < -0.4 is 21.3 Å². The molecule has 20 heteroatoms. The van der Waals surface area contributed by atoms with Crippen molar-refractivity contribution in [2.24, 2.45) is 0 Å². The third-order valence-corrected chi connectivity index (χ3v) is 9.09. The summed E-state index contributed by atoms with van der Waals surface area (Å²) in [5.41, 5.74) is -2.20. The molecule has 0 aliphatic carbocycles. The number of alkyl carbamates (subject to hydrolysis) is 3. The minimum absolute atomic E-state index is 0.0308. The highest BCUT2D eigenvalue weighted by Gasteiger charge is 2.30. The zero-order valence-electron chi connectivity index (χ0n) is 39.3. The van der Waals surface area contributed by atoms with E-state index < -0.39 is 71.5 Å². The summed E-state index contributed by atoms with van der Waals surface area (Å²) in [5.74, 6) is -1.23. The van der Waals surface area contributed by atoms with Gasteiger partial charge in [0.15, 0.2) is 0 Å². The summed E-state index contributed by atoms with van der Waals surface area (Å²) in [5, 5.41) is 19.1. The van der Waals surface area contributed by atoms with Crippen molar-refractivity contribution in [2.45, 2.75) is 168 Å². The Bertz CT molecular complexity index is 1350. The first-order valence-corrected chi connectivity index (χ1v) is 23.1. The first kappa shape index (κ1) is 59.1. The standard InChI is InChI=1S/C43H78N4O15S/c1-41(2,3)60-36(51)32(20-21-35(49)50)46-39(54)59-38(53)45-22-15-13-16-24-56-26-28-58-29-27-57-25-18-23-44-34(48)19-14-11-10-12-17-30-63-31-33(37(52)61-42(4,5)6)47-40(55)62-43(7,8)9/h32-33H,10-31H2,1-9H3,(H,44,48)(H,45,53)(H,46,54)(H,47,55)(H,49,50). The molecule has 2 unspecified atom stereocenters. The highest BCUT2D eigenvalue weighted by molar-refractivity contribution is 7.99. The lowest BCUT2D eigenvalue weighted by atomic mass is 10.1. The Morgan fingerprint density at radius 1 is 0.508 bits per heavy atom. The van der Waals surface area contributed by atoms with E-state index in [9.17, 15) is 33.6 Å². The van der Waals surface area contributed by atoms with E-state index in [4.69, 9.17) is 33.5 Å². The van der Waals surface area contributed by atoms with Crippen molar-refractivity contribution >= 4 is 53.9 Å². The molecule has 63 heavy (non-hydrogen) atoms. The number of hydrogen-bond donors (Lipinski definition) is 5. The number of aliphatic carboxylic acids is 1. The molecule has 0 aromatic heterocycles. The maximum absolute atomic E-state index is 12.7. The molecule has 0 saturated carbocycles. The van der Waals surface area contributed by atoms with Crippen LogP contribution in [0, 0.1) is 0 Å². The van der Waals surface area contributed by atoms with E-state index >= 15 is 0 Å². The fourth-order valence-corrected chi connectivity index (χ4v) is 6.15. The van der Waals surface area contributed by atoms with Crippen LogP contribution in [0.3, 0.4) is 0 Å². The normalized spacial score (nSPS) is 12.7. The van der Waals surface area contributed by atoms with Crippen LogP contribution in [0.5, 0.6) is 0 Å². The summed E-state index contributed by atoms with van der Waals surface area (Å²) in [4.78, 5) is 84.4. The number of nitrogens with one attached hydrogen (secondary N) is 4. The van der Waals surface area contributed by atoms with Gasteiger partial charge in [-0.1, -0.05) is 19.3 Å². The minimum Gasteiger partial charge on any atom is -0.481 e. The van der Waals surface area contributed by atoms with E-state index in [1.54, 1.807) is 74.1 Å². The predicted molar refractivity (Wildman–Crippen MR) is 237 cm³/mol. The number of carboxylic acid groups (broad SMARTS) is 1. The van der Waals surface area contributed by atoms with Crippen LogP contribution >= 0.6 is 11.8 Å². The highest BCUT2D eigenvalue weighted by atomic mass is 32.2. The molecule has 0 aromatic carbocycles. The summed E-state index contributed by atoms with van der Waals surface area (Å²) < 4.78 is 37.2. The van der Waals surface area contributed by atoms with Crippen molar-refractivity contribution < 1.29 is 71.8 Å². The van der Waals surface area contributed by atoms with Crippen molar-refractivity contribution in [3.05, 3.63) is 0 Å². The Balaban J connectivity index is 3.78. The second kappa shape index (κ2) is 33.6. The molecule has 0 spiro atoms. The average Bonchev–Trinajstić information content (AvgIpc) is 3.14. The van der Waals surface area contributed by atoms with E-state index in [0.29, 0.717) is 71.2 Å². The molecule has 2 atom stereocenters. The monoisotopic (exact) mass is 923 g/mol. The first-order chi connectivity index (χ1) is 29.5. The van der Waals surface area contributed by atoms with E-state index in [0.717, 1.165) is 50.7 Å². The topological polar surface area (TPSA) is 252 Å². The number of ether oxygens (including phenoxy) is 7. The van der Waals surface area contributed by atoms with Crippen LogP contribution in [0.4, 0.5) is 14.4 Å². The summed E-state index contributed by atoms with van der Waals surface area (Å²) in [6.07, 6.45) is 4.58. The molecule has 0 aromatic rings. The molecule has 0 radical (unpaired) electrons. The molecule has 0 saturated heterocycles. The summed E-state index contributed by atoms with van der Waals surface area (Å²) in [6, 6.07) is -2.09. The van der Waals surface area contributed by atoms with Crippen LogP contribution in [0.15, 0.2) is 0 Å². The predicted octanol–water partition coefficient (Wildman–Crippen LogP) is 6.03. The van der Waals surface area contributed by atoms with Crippen LogP contribution in [0.1, 0.15) is 139 Å². The van der Waals surface area contributed by atoms with E-state index in [2.05, 4.69) is 26.0 Å². The number of amides is 4. The lowest BCUT2D eigenvalue weighted by molar-refractivity contribution is -0.158. The number of carbonyl (C=O) groups excluding carboxylic acids is 6. The maximum atomic E-state index is 12.7. The summed E-state index contributed by atoms with van der Waals surface area (Å²) >= 11 is 1.58. The van der Waals surface area contributed by atoms with Gasteiger partial charge in [0.2, 0.25) is 5.91 Å².